The van der Waals surface area contributed by atoms with Gasteiger partial charge in [0.25, 0.3) is 0 Å². The first-order valence-corrected chi connectivity index (χ1v) is 10.1. The Hall–Kier alpha value is -3.42. The van der Waals surface area contributed by atoms with Gasteiger partial charge in [-0.15, -0.1) is 0 Å². The standard InChI is InChI=1S/C22H22FN5O2/c23-16-9-10-25(14-16)21(29)15-26-11-12-27(22(26)30)19-7-4-8-20-18(19)13-24-28(20)17-5-2-1-3-6-17/h1-8,13,16H,9-12,14-15H2/t16-/m0/s1. The molecule has 2 aliphatic rings. The van der Waals surface area contributed by atoms with Gasteiger partial charge in [-0.25, -0.2) is 13.9 Å². The minimum absolute atomic E-state index is 0.0126. The van der Waals surface area contributed by atoms with Crippen molar-refractivity contribution in [2.24, 2.45) is 0 Å². The van der Waals surface area contributed by atoms with Gasteiger partial charge in [0.05, 0.1) is 29.6 Å². The number of aromatic nitrogens is 2. The van der Waals surface area contributed by atoms with Crippen molar-refractivity contribution in [2.75, 3.05) is 37.6 Å². The van der Waals surface area contributed by atoms with Gasteiger partial charge in [0.2, 0.25) is 5.91 Å². The number of alkyl halides is 1. The van der Waals surface area contributed by atoms with Crippen molar-refractivity contribution < 1.29 is 14.0 Å². The summed E-state index contributed by atoms with van der Waals surface area (Å²) in [5.74, 6) is -0.194. The van der Waals surface area contributed by atoms with Crippen LogP contribution in [0.3, 0.4) is 0 Å². The van der Waals surface area contributed by atoms with E-state index in [9.17, 15) is 14.0 Å². The Morgan fingerprint density at radius 2 is 1.90 bits per heavy atom. The van der Waals surface area contributed by atoms with Crippen LogP contribution < -0.4 is 4.90 Å². The van der Waals surface area contributed by atoms with E-state index in [0.717, 1.165) is 22.3 Å². The van der Waals surface area contributed by atoms with Gasteiger partial charge in [0.1, 0.15) is 12.7 Å². The molecule has 0 spiro atoms. The van der Waals surface area contributed by atoms with Gasteiger partial charge in [0, 0.05) is 25.0 Å². The van der Waals surface area contributed by atoms with E-state index in [-0.39, 0.29) is 25.0 Å². The van der Waals surface area contributed by atoms with Crippen LogP contribution in [0.2, 0.25) is 0 Å². The minimum atomic E-state index is -0.960. The molecule has 1 atom stereocenters. The summed E-state index contributed by atoms with van der Waals surface area (Å²) in [4.78, 5) is 30.2. The number of urea groups is 1. The van der Waals surface area contributed by atoms with Crippen molar-refractivity contribution >= 4 is 28.5 Å². The second-order valence-electron chi connectivity index (χ2n) is 7.68. The molecule has 3 heterocycles. The van der Waals surface area contributed by atoms with Crippen LogP contribution in [0.5, 0.6) is 0 Å². The number of rotatable bonds is 4. The topological polar surface area (TPSA) is 61.7 Å². The molecule has 0 saturated carbocycles. The molecule has 8 heteroatoms. The normalized spacial score (nSPS) is 19.3. The third-order valence-electron chi connectivity index (χ3n) is 5.79. The van der Waals surface area contributed by atoms with Gasteiger partial charge in [-0.2, -0.15) is 5.10 Å². The number of hydrogen-bond donors (Lipinski definition) is 0. The zero-order valence-electron chi connectivity index (χ0n) is 16.4. The van der Waals surface area contributed by atoms with E-state index in [1.807, 2.05) is 53.2 Å². The summed E-state index contributed by atoms with van der Waals surface area (Å²) >= 11 is 0. The summed E-state index contributed by atoms with van der Waals surface area (Å²) in [6.45, 7) is 1.49. The highest BCUT2D eigenvalue weighted by molar-refractivity contribution is 6.04. The predicted octanol–water partition coefficient (Wildman–Crippen LogP) is 2.84. The van der Waals surface area contributed by atoms with E-state index in [2.05, 4.69) is 5.10 Å². The zero-order valence-corrected chi connectivity index (χ0v) is 16.4. The van der Waals surface area contributed by atoms with E-state index in [1.165, 1.54) is 9.80 Å². The first-order valence-electron chi connectivity index (χ1n) is 10.1. The quantitative estimate of drug-likeness (QED) is 0.668. The maximum absolute atomic E-state index is 13.4. The molecule has 5 rings (SSSR count). The molecule has 30 heavy (non-hydrogen) atoms. The second kappa shape index (κ2) is 7.44. The Balaban J connectivity index is 1.38. The SMILES string of the molecule is O=C(CN1CCN(c2cccc3c2cnn3-c2ccccc2)C1=O)N1CC[C@H](F)C1. The first kappa shape index (κ1) is 18.6. The Morgan fingerprint density at radius 3 is 2.67 bits per heavy atom. The first-order chi connectivity index (χ1) is 14.6. The predicted molar refractivity (Wildman–Crippen MR) is 111 cm³/mol. The van der Waals surface area contributed by atoms with Crippen molar-refractivity contribution in [3.8, 4) is 5.69 Å². The van der Waals surface area contributed by atoms with Crippen LogP contribution in [-0.4, -0.2) is 70.4 Å². The van der Waals surface area contributed by atoms with Crippen molar-refractivity contribution in [1.82, 2.24) is 19.6 Å². The Labute approximate surface area is 173 Å². The fourth-order valence-corrected chi connectivity index (χ4v) is 4.21. The Morgan fingerprint density at radius 1 is 1.07 bits per heavy atom. The van der Waals surface area contributed by atoms with E-state index in [0.29, 0.717) is 26.1 Å². The summed E-state index contributed by atoms with van der Waals surface area (Å²) in [6, 6.07) is 15.4. The van der Waals surface area contributed by atoms with Gasteiger partial charge in [-0.1, -0.05) is 24.3 Å². The number of halogens is 1. The molecule has 2 aromatic carbocycles. The lowest BCUT2D eigenvalue weighted by molar-refractivity contribution is -0.130. The average molecular weight is 407 g/mol. The van der Waals surface area contributed by atoms with Crippen molar-refractivity contribution in [3.63, 3.8) is 0 Å². The van der Waals surface area contributed by atoms with Crippen LogP contribution in [0.15, 0.2) is 54.7 Å². The van der Waals surface area contributed by atoms with Gasteiger partial charge in [-0.3, -0.25) is 9.69 Å². The third kappa shape index (κ3) is 3.18. The maximum Gasteiger partial charge on any atom is 0.325 e. The third-order valence-corrected chi connectivity index (χ3v) is 5.79. The van der Waals surface area contributed by atoms with Crippen LogP contribution in [0, 0.1) is 0 Å². The van der Waals surface area contributed by atoms with Crippen molar-refractivity contribution in [1.29, 1.82) is 0 Å². The molecule has 1 aromatic heterocycles. The summed E-state index contributed by atoms with van der Waals surface area (Å²) in [6.07, 6.45) is 1.18. The number of fused-ring (bicyclic) bond motifs is 1. The Bertz CT molecular complexity index is 1100. The number of carbonyl (C=O) groups is 2. The highest BCUT2D eigenvalue weighted by Crippen LogP contribution is 2.30. The molecule has 2 aliphatic heterocycles. The molecule has 2 saturated heterocycles. The highest BCUT2D eigenvalue weighted by atomic mass is 19.1. The molecular formula is C22H22FN5O2. The molecule has 0 aliphatic carbocycles. The lowest BCUT2D eigenvalue weighted by Gasteiger charge is -2.22. The fourth-order valence-electron chi connectivity index (χ4n) is 4.21. The number of nitrogens with zero attached hydrogens (tertiary/aromatic N) is 5. The highest BCUT2D eigenvalue weighted by Gasteiger charge is 2.34. The largest absolute Gasteiger partial charge is 0.338 e. The number of likely N-dealkylation sites (tertiary alicyclic amines) is 1. The van der Waals surface area contributed by atoms with Gasteiger partial charge in [-0.05, 0) is 30.7 Å². The van der Waals surface area contributed by atoms with Gasteiger partial charge >= 0.3 is 6.03 Å². The minimum Gasteiger partial charge on any atom is -0.338 e. The number of carbonyl (C=O) groups excluding carboxylic acids is 2. The van der Waals surface area contributed by atoms with Gasteiger partial charge in [0.15, 0.2) is 0 Å². The number of para-hydroxylation sites is 1. The fraction of sp³-hybridized carbons (Fsp3) is 0.318. The Kier molecular flexibility index (Phi) is 4.61. The molecule has 2 fully saturated rings. The molecule has 0 N–H and O–H groups in total. The molecule has 3 amide bonds. The molecule has 0 radical (unpaired) electrons. The molecule has 3 aromatic rings. The molecule has 154 valence electrons. The molecule has 0 unspecified atom stereocenters. The number of benzene rings is 2. The average Bonchev–Trinajstić information content (AvgIpc) is 3.48. The molecule has 7 nitrogen and oxygen atoms in total. The monoisotopic (exact) mass is 407 g/mol. The van der Waals surface area contributed by atoms with E-state index >= 15 is 0 Å². The number of amides is 3. The van der Waals surface area contributed by atoms with Crippen molar-refractivity contribution in [3.05, 3.63) is 54.7 Å². The molecular weight excluding hydrogens is 385 g/mol. The summed E-state index contributed by atoms with van der Waals surface area (Å²) in [5.41, 5.74) is 2.63. The van der Waals surface area contributed by atoms with Crippen molar-refractivity contribution in [2.45, 2.75) is 12.6 Å². The van der Waals surface area contributed by atoms with Crippen LogP contribution in [0.1, 0.15) is 6.42 Å². The lowest BCUT2D eigenvalue weighted by atomic mass is 10.2. The lowest BCUT2D eigenvalue weighted by Crippen LogP contribution is -2.41. The van der Waals surface area contributed by atoms with Crippen LogP contribution in [-0.2, 0) is 4.79 Å². The van der Waals surface area contributed by atoms with E-state index in [1.54, 1.807) is 11.1 Å². The second-order valence-corrected chi connectivity index (χ2v) is 7.68. The van der Waals surface area contributed by atoms with Crippen LogP contribution >= 0.6 is 0 Å². The summed E-state index contributed by atoms with van der Waals surface area (Å²) in [5, 5.41) is 5.40. The number of hydrogen-bond acceptors (Lipinski definition) is 3. The zero-order chi connectivity index (χ0) is 20.7. The summed E-state index contributed by atoms with van der Waals surface area (Å²) < 4.78 is 15.2. The number of anilines is 1. The smallest absolute Gasteiger partial charge is 0.325 e. The molecule has 0 bridgehead atoms. The van der Waals surface area contributed by atoms with E-state index < -0.39 is 6.17 Å². The summed E-state index contributed by atoms with van der Waals surface area (Å²) in [7, 11) is 0. The van der Waals surface area contributed by atoms with Crippen LogP contribution in [0.4, 0.5) is 14.9 Å². The maximum atomic E-state index is 13.4. The van der Waals surface area contributed by atoms with E-state index in [4.69, 9.17) is 0 Å². The van der Waals surface area contributed by atoms with Gasteiger partial charge < -0.3 is 9.80 Å². The van der Waals surface area contributed by atoms with Crippen LogP contribution in [0.25, 0.3) is 16.6 Å².